The summed E-state index contributed by atoms with van der Waals surface area (Å²) in [6, 6.07) is 9.91. The molecular weight excluding hydrogens is 296 g/mol. The summed E-state index contributed by atoms with van der Waals surface area (Å²) in [4.78, 5) is 0.232. The fourth-order valence-electron chi connectivity index (χ4n) is 1.82. The van der Waals surface area contributed by atoms with Crippen LogP contribution in [0.4, 0.5) is 11.4 Å². The first-order valence-electron chi connectivity index (χ1n) is 5.95. The standard InChI is InChI=1S/C14H15ClN2O2S/c1-9-3-4-10(2)14(7-9)20(18,19)17-13-8-11(16)5-6-12(13)15/h3-8,17H,16H2,1-2H3. The van der Waals surface area contributed by atoms with Crippen molar-refractivity contribution in [1.82, 2.24) is 0 Å². The minimum atomic E-state index is -3.70. The fraction of sp³-hybridized carbons (Fsp3) is 0.143. The molecule has 4 nitrogen and oxygen atoms in total. The second kappa shape index (κ2) is 5.34. The maximum absolute atomic E-state index is 12.4. The number of nitrogens with two attached hydrogens (primary N) is 1. The van der Waals surface area contributed by atoms with Crippen LogP contribution in [0.2, 0.25) is 5.02 Å². The van der Waals surface area contributed by atoms with Crippen LogP contribution in [0.1, 0.15) is 11.1 Å². The molecule has 0 aliphatic rings. The van der Waals surface area contributed by atoms with Crippen molar-refractivity contribution in [2.45, 2.75) is 18.7 Å². The van der Waals surface area contributed by atoms with Crippen molar-refractivity contribution in [3.8, 4) is 0 Å². The normalized spacial score (nSPS) is 11.3. The van der Waals surface area contributed by atoms with Gasteiger partial charge in [0.25, 0.3) is 10.0 Å². The number of hydrogen-bond acceptors (Lipinski definition) is 3. The molecule has 0 saturated carbocycles. The zero-order chi connectivity index (χ0) is 14.9. The van der Waals surface area contributed by atoms with Gasteiger partial charge in [0, 0.05) is 5.69 Å². The average Bonchev–Trinajstić information content (AvgIpc) is 2.36. The van der Waals surface area contributed by atoms with Crippen LogP contribution in [-0.4, -0.2) is 8.42 Å². The monoisotopic (exact) mass is 310 g/mol. The predicted molar refractivity (Wildman–Crippen MR) is 82.6 cm³/mol. The molecule has 0 aliphatic heterocycles. The van der Waals surface area contributed by atoms with Crippen molar-refractivity contribution in [2.75, 3.05) is 10.5 Å². The highest BCUT2D eigenvalue weighted by Gasteiger charge is 2.18. The Balaban J connectivity index is 2.46. The number of aryl methyl sites for hydroxylation is 2. The first kappa shape index (κ1) is 14.7. The second-order valence-electron chi connectivity index (χ2n) is 4.61. The average molecular weight is 311 g/mol. The van der Waals surface area contributed by atoms with E-state index in [1.807, 2.05) is 13.0 Å². The zero-order valence-electron chi connectivity index (χ0n) is 11.1. The minimum absolute atomic E-state index is 0.232. The van der Waals surface area contributed by atoms with Crippen LogP contribution in [-0.2, 0) is 10.0 Å². The van der Waals surface area contributed by atoms with Gasteiger partial charge in [-0.1, -0.05) is 23.7 Å². The van der Waals surface area contributed by atoms with E-state index in [4.69, 9.17) is 17.3 Å². The fourth-order valence-corrected chi connectivity index (χ4v) is 3.44. The van der Waals surface area contributed by atoms with E-state index in [2.05, 4.69) is 4.72 Å². The first-order valence-corrected chi connectivity index (χ1v) is 7.81. The Labute approximate surface area is 123 Å². The summed E-state index contributed by atoms with van der Waals surface area (Å²) in [6.07, 6.45) is 0. The van der Waals surface area contributed by atoms with Gasteiger partial charge >= 0.3 is 0 Å². The van der Waals surface area contributed by atoms with Crippen molar-refractivity contribution in [1.29, 1.82) is 0 Å². The molecule has 6 heteroatoms. The van der Waals surface area contributed by atoms with Crippen LogP contribution in [0.25, 0.3) is 0 Å². The second-order valence-corrected chi connectivity index (χ2v) is 6.67. The molecule has 0 atom stereocenters. The highest BCUT2D eigenvalue weighted by molar-refractivity contribution is 7.92. The number of anilines is 2. The van der Waals surface area contributed by atoms with E-state index in [0.717, 1.165) is 5.56 Å². The molecule has 0 amide bonds. The van der Waals surface area contributed by atoms with Gasteiger partial charge in [-0.3, -0.25) is 4.72 Å². The van der Waals surface area contributed by atoms with Gasteiger partial charge in [-0.2, -0.15) is 0 Å². The Morgan fingerprint density at radius 2 is 1.80 bits per heavy atom. The van der Waals surface area contributed by atoms with Crippen LogP contribution in [0.5, 0.6) is 0 Å². The van der Waals surface area contributed by atoms with Crippen molar-refractivity contribution in [2.24, 2.45) is 0 Å². The van der Waals surface area contributed by atoms with Gasteiger partial charge < -0.3 is 5.73 Å². The van der Waals surface area contributed by atoms with E-state index in [1.54, 1.807) is 31.2 Å². The summed E-state index contributed by atoms with van der Waals surface area (Å²) in [5.41, 5.74) is 7.89. The zero-order valence-corrected chi connectivity index (χ0v) is 12.7. The molecule has 0 spiro atoms. The lowest BCUT2D eigenvalue weighted by molar-refractivity contribution is 0.600. The van der Waals surface area contributed by atoms with Gasteiger partial charge in [-0.25, -0.2) is 8.42 Å². The molecule has 0 fully saturated rings. The molecular formula is C14H15ClN2O2S. The van der Waals surface area contributed by atoms with Crippen LogP contribution in [0.15, 0.2) is 41.3 Å². The smallest absolute Gasteiger partial charge is 0.262 e. The van der Waals surface area contributed by atoms with Crippen LogP contribution < -0.4 is 10.5 Å². The molecule has 0 aliphatic carbocycles. The molecule has 0 unspecified atom stereocenters. The van der Waals surface area contributed by atoms with Gasteiger partial charge in [-0.15, -0.1) is 0 Å². The van der Waals surface area contributed by atoms with Crippen molar-refractivity contribution >= 4 is 33.0 Å². The van der Waals surface area contributed by atoms with E-state index in [0.29, 0.717) is 16.3 Å². The van der Waals surface area contributed by atoms with E-state index in [-0.39, 0.29) is 10.6 Å². The molecule has 3 N–H and O–H groups in total. The molecule has 20 heavy (non-hydrogen) atoms. The molecule has 2 aromatic carbocycles. The first-order chi connectivity index (χ1) is 9.29. The van der Waals surface area contributed by atoms with E-state index >= 15 is 0 Å². The molecule has 2 aromatic rings. The number of sulfonamides is 1. The molecule has 0 saturated heterocycles. The van der Waals surface area contributed by atoms with Crippen LogP contribution in [0, 0.1) is 13.8 Å². The highest BCUT2D eigenvalue weighted by Crippen LogP contribution is 2.27. The van der Waals surface area contributed by atoms with E-state index in [9.17, 15) is 8.42 Å². The summed E-state index contributed by atoms with van der Waals surface area (Å²) >= 11 is 5.98. The largest absolute Gasteiger partial charge is 0.399 e. The lowest BCUT2D eigenvalue weighted by Gasteiger charge is -2.12. The number of nitrogens with one attached hydrogen (secondary N) is 1. The summed E-state index contributed by atoms with van der Waals surface area (Å²) in [6.45, 7) is 3.58. The minimum Gasteiger partial charge on any atom is -0.399 e. The number of nitrogen functional groups attached to an aromatic ring is 1. The molecule has 106 valence electrons. The maximum Gasteiger partial charge on any atom is 0.262 e. The van der Waals surface area contributed by atoms with Gasteiger partial charge in [0.1, 0.15) is 0 Å². The maximum atomic E-state index is 12.4. The van der Waals surface area contributed by atoms with E-state index in [1.165, 1.54) is 6.07 Å². The van der Waals surface area contributed by atoms with Crippen LogP contribution in [0.3, 0.4) is 0 Å². The lowest BCUT2D eigenvalue weighted by atomic mass is 10.2. The summed E-state index contributed by atoms with van der Waals surface area (Å²) < 4.78 is 27.3. The summed E-state index contributed by atoms with van der Waals surface area (Å²) in [7, 11) is -3.70. The van der Waals surface area contributed by atoms with Crippen molar-refractivity contribution < 1.29 is 8.42 Å². The summed E-state index contributed by atoms with van der Waals surface area (Å²) in [5, 5.41) is 0.299. The topological polar surface area (TPSA) is 72.2 Å². The van der Waals surface area contributed by atoms with Gasteiger partial charge in [0.2, 0.25) is 0 Å². The third kappa shape index (κ3) is 3.05. The number of benzene rings is 2. The Bertz CT molecular complexity index is 758. The number of rotatable bonds is 3. The Morgan fingerprint density at radius 3 is 2.50 bits per heavy atom. The van der Waals surface area contributed by atoms with Crippen molar-refractivity contribution in [3.63, 3.8) is 0 Å². The Hall–Kier alpha value is -1.72. The quantitative estimate of drug-likeness (QED) is 0.854. The van der Waals surface area contributed by atoms with Gasteiger partial charge in [-0.05, 0) is 49.2 Å². The molecule has 2 rings (SSSR count). The Kier molecular flexibility index (Phi) is 3.92. The Morgan fingerprint density at radius 1 is 1.10 bits per heavy atom. The van der Waals surface area contributed by atoms with Gasteiger partial charge in [0.15, 0.2) is 0 Å². The molecule has 0 bridgehead atoms. The third-order valence-electron chi connectivity index (χ3n) is 2.87. The third-order valence-corrected chi connectivity index (χ3v) is 4.70. The molecule has 0 radical (unpaired) electrons. The predicted octanol–water partition coefficient (Wildman–Crippen LogP) is 3.34. The van der Waals surface area contributed by atoms with E-state index < -0.39 is 10.0 Å². The molecule has 0 heterocycles. The van der Waals surface area contributed by atoms with Crippen LogP contribution >= 0.6 is 11.6 Å². The van der Waals surface area contributed by atoms with Crippen molar-refractivity contribution in [3.05, 3.63) is 52.5 Å². The molecule has 0 aromatic heterocycles. The summed E-state index contributed by atoms with van der Waals surface area (Å²) in [5.74, 6) is 0. The highest BCUT2D eigenvalue weighted by atomic mass is 35.5. The van der Waals surface area contributed by atoms with Gasteiger partial charge in [0.05, 0.1) is 15.6 Å². The SMILES string of the molecule is Cc1ccc(C)c(S(=O)(=O)Nc2cc(N)ccc2Cl)c1. The number of halogens is 1. The number of hydrogen-bond donors (Lipinski definition) is 2. The lowest BCUT2D eigenvalue weighted by Crippen LogP contribution is -2.15.